The van der Waals surface area contributed by atoms with Crippen molar-refractivity contribution in [1.82, 2.24) is 4.90 Å². The molecule has 2 heteroatoms. The minimum Gasteiger partial charge on any atom is -0.395 e. The van der Waals surface area contributed by atoms with Gasteiger partial charge in [0.25, 0.3) is 0 Å². The predicted octanol–water partition coefficient (Wildman–Crippen LogP) is 1.11. The molecule has 1 aromatic carbocycles. The van der Waals surface area contributed by atoms with E-state index >= 15 is 0 Å². The number of terminal acetylenes is 1. The molecule has 0 saturated heterocycles. The Morgan fingerprint density at radius 2 is 2.00 bits per heavy atom. The molecule has 0 amide bonds. The number of hydrogen-bond donors (Lipinski definition) is 1. The molecule has 2 nitrogen and oxygen atoms in total. The zero-order valence-electron chi connectivity index (χ0n) is 8.19. The second-order valence-corrected chi connectivity index (χ2v) is 3.12. The van der Waals surface area contributed by atoms with Gasteiger partial charge in [0.2, 0.25) is 0 Å². The molecule has 0 aliphatic heterocycles. The number of hydrogen-bond acceptors (Lipinski definition) is 2. The summed E-state index contributed by atoms with van der Waals surface area (Å²) in [5.41, 5.74) is 1.22. The molecule has 1 rings (SSSR count). The second-order valence-electron chi connectivity index (χ2n) is 3.12. The highest BCUT2D eigenvalue weighted by Crippen LogP contribution is 2.03. The van der Waals surface area contributed by atoms with Gasteiger partial charge in [-0.05, 0) is 5.56 Å². The van der Waals surface area contributed by atoms with E-state index in [4.69, 9.17) is 11.5 Å². The third kappa shape index (κ3) is 3.61. The second kappa shape index (κ2) is 6.20. The molecule has 0 fully saturated rings. The summed E-state index contributed by atoms with van der Waals surface area (Å²) in [5, 5.41) is 8.83. The zero-order valence-corrected chi connectivity index (χ0v) is 8.19. The molecule has 0 aromatic heterocycles. The summed E-state index contributed by atoms with van der Waals surface area (Å²) in [4.78, 5) is 2.04. The van der Waals surface area contributed by atoms with Gasteiger partial charge in [-0.25, -0.2) is 0 Å². The van der Waals surface area contributed by atoms with E-state index in [2.05, 4.69) is 18.1 Å². The Balaban J connectivity index is 2.52. The number of aliphatic hydroxyl groups excluding tert-OH is 1. The van der Waals surface area contributed by atoms with Crippen LogP contribution in [0.25, 0.3) is 0 Å². The number of benzene rings is 1. The molecule has 1 aromatic rings. The zero-order chi connectivity index (χ0) is 10.2. The number of rotatable bonds is 5. The van der Waals surface area contributed by atoms with Crippen LogP contribution in [0, 0.1) is 12.3 Å². The van der Waals surface area contributed by atoms with Crippen LogP contribution in [0.1, 0.15) is 5.56 Å². The average molecular weight is 189 g/mol. The van der Waals surface area contributed by atoms with E-state index < -0.39 is 0 Å². The molecular formula is C12H15NO. The van der Waals surface area contributed by atoms with Crippen LogP contribution in [0.4, 0.5) is 0 Å². The lowest BCUT2D eigenvalue weighted by Gasteiger charge is -2.18. The van der Waals surface area contributed by atoms with E-state index in [0.29, 0.717) is 13.1 Å². The van der Waals surface area contributed by atoms with Crippen molar-refractivity contribution in [3.8, 4) is 12.3 Å². The summed E-state index contributed by atoms with van der Waals surface area (Å²) in [6.07, 6.45) is 5.24. The Morgan fingerprint density at radius 3 is 2.57 bits per heavy atom. The lowest BCUT2D eigenvalue weighted by Crippen LogP contribution is -2.26. The molecule has 0 radical (unpaired) electrons. The Bertz CT molecular complexity index is 289. The standard InChI is InChI=1S/C12H15NO/c1-2-8-13(9-10-14)11-12-6-4-3-5-7-12/h1,3-7,14H,8-11H2. The average Bonchev–Trinajstić information content (AvgIpc) is 2.20. The fourth-order valence-electron chi connectivity index (χ4n) is 1.33. The van der Waals surface area contributed by atoms with Gasteiger partial charge < -0.3 is 5.11 Å². The molecule has 74 valence electrons. The van der Waals surface area contributed by atoms with Gasteiger partial charge in [0.05, 0.1) is 13.2 Å². The van der Waals surface area contributed by atoms with E-state index in [1.807, 2.05) is 23.1 Å². The summed E-state index contributed by atoms with van der Waals surface area (Å²) in [5.74, 6) is 2.59. The summed E-state index contributed by atoms with van der Waals surface area (Å²) >= 11 is 0. The molecule has 14 heavy (non-hydrogen) atoms. The Labute approximate surface area is 85.2 Å². The van der Waals surface area contributed by atoms with Crippen molar-refractivity contribution in [3.05, 3.63) is 35.9 Å². The van der Waals surface area contributed by atoms with Crippen molar-refractivity contribution in [2.45, 2.75) is 6.54 Å². The largest absolute Gasteiger partial charge is 0.395 e. The van der Waals surface area contributed by atoms with Crippen molar-refractivity contribution in [1.29, 1.82) is 0 Å². The Hall–Kier alpha value is -1.30. The Morgan fingerprint density at radius 1 is 1.29 bits per heavy atom. The Kier molecular flexibility index (Phi) is 4.77. The summed E-state index contributed by atoms with van der Waals surface area (Å²) in [7, 11) is 0. The first-order valence-electron chi connectivity index (χ1n) is 4.67. The highest BCUT2D eigenvalue weighted by molar-refractivity contribution is 5.14. The van der Waals surface area contributed by atoms with Crippen molar-refractivity contribution in [2.75, 3.05) is 19.7 Å². The van der Waals surface area contributed by atoms with Crippen molar-refractivity contribution >= 4 is 0 Å². The van der Waals surface area contributed by atoms with Gasteiger partial charge in [-0.3, -0.25) is 4.90 Å². The lowest BCUT2D eigenvalue weighted by atomic mass is 10.2. The van der Waals surface area contributed by atoms with Crippen molar-refractivity contribution in [2.24, 2.45) is 0 Å². The monoisotopic (exact) mass is 189 g/mol. The van der Waals surface area contributed by atoms with E-state index in [1.165, 1.54) is 5.56 Å². The van der Waals surface area contributed by atoms with Crippen LogP contribution >= 0.6 is 0 Å². The molecule has 0 aliphatic carbocycles. The fourth-order valence-corrected chi connectivity index (χ4v) is 1.33. The van der Waals surface area contributed by atoms with Gasteiger partial charge in [-0.1, -0.05) is 36.3 Å². The summed E-state index contributed by atoms with van der Waals surface area (Å²) < 4.78 is 0. The molecule has 0 atom stereocenters. The first kappa shape index (κ1) is 10.8. The summed E-state index contributed by atoms with van der Waals surface area (Å²) in [6, 6.07) is 10.1. The van der Waals surface area contributed by atoms with Crippen LogP contribution in [0.15, 0.2) is 30.3 Å². The third-order valence-electron chi connectivity index (χ3n) is 1.98. The number of nitrogens with zero attached hydrogens (tertiary/aromatic N) is 1. The SMILES string of the molecule is C#CCN(CCO)Cc1ccccc1. The molecular weight excluding hydrogens is 174 g/mol. The molecule has 0 aliphatic rings. The van der Waals surface area contributed by atoms with Gasteiger partial charge >= 0.3 is 0 Å². The van der Waals surface area contributed by atoms with Crippen LogP contribution in [-0.4, -0.2) is 29.7 Å². The van der Waals surface area contributed by atoms with Crippen molar-refractivity contribution < 1.29 is 5.11 Å². The fraction of sp³-hybridized carbons (Fsp3) is 0.333. The maximum atomic E-state index is 8.83. The highest BCUT2D eigenvalue weighted by Gasteiger charge is 2.02. The smallest absolute Gasteiger partial charge is 0.0602 e. The van der Waals surface area contributed by atoms with Crippen molar-refractivity contribution in [3.63, 3.8) is 0 Å². The van der Waals surface area contributed by atoms with E-state index in [0.717, 1.165) is 6.54 Å². The van der Waals surface area contributed by atoms with Crippen LogP contribution in [0.2, 0.25) is 0 Å². The highest BCUT2D eigenvalue weighted by atomic mass is 16.3. The van der Waals surface area contributed by atoms with Gasteiger partial charge in [-0.2, -0.15) is 0 Å². The van der Waals surface area contributed by atoms with Crippen LogP contribution in [-0.2, 0) is 6.54 Å². The quantitative estimate of drug-likeness (QED) is 0.701. The van der Waals surface area contributed by atoms with Gasteiger partial charge in [0.1, 0.15) is 0 Å². The maximum Gasteiger partial charge on any atom is 0.0602 e. The first-order valence-corrected chi connectivity index (χ1v) is 4.67. The molecule has 0 unspecified atom stereocenters. The van der Waals surface area contributed by atoms with Gasteiger partial charge in [0.15, 0.2) is 0 Å². The maximum absolute atomic E-state index is 8.83. The van der Waals surface area contributed by atoms with Crippen LogP contribution in [0.5, 0.6) is 0 Å². The van der Waals surface area contributed by atoms with E-state index in [-0.39, 0.29) is 6.61 Å². The molecule has 0 heterocycles. The molecule has 0 bridgehead atoms. The third-order valence-corrected chi connectivity index (χ3v) is 1.98. The van der Waals surface area contributed by atoms with Gasteiger partial charge in [-0.15, -0.1) is 6.42 Å². The first-order chi connectivity index (χ1) is 6.86. The minimum absolute atomic E-state index is 0.147. The molecule has 0 saturated carbocycles. The van der Waals surface area contributed by atoms with E-state index in [9.17, 15) is 0 Å². The van der Waals surface area contributed by atoms with Crippen LogP contribution in [0.3, 0.4) is 0 Å². The topological polar surface area (TPSA) is 23.5 Å². The minimum atomic E-state index is 0.147. The molecule has 1 N–H and O–H groups in total. The normalized spacial score (nSPS) is 10.1. The lowest BCUT2D eigenvalue weighted by molar-refractivity contribution is 0.205. The predicted molar refractivity (Wildman–Crippen MR) is 57.6 cm³/mol. The van der Waals surface area contributed by atoms with E-state index in [1.54, 1.807) is 0 Å². The number of aliphatic hydroxyl groups is 1. The summed E-state index contributed by atoms with van der Waals surface area (Å²) in [6.45, 7) is 2.15. The molecule has 0 spiro atoms. The van der Waals surface area contributed by atoms with Gasteiger partial charge in [0, 0.05) is 13.1 Å². The van der Waals surface area contributed by atoms with Crippen LogP contribution < -0.4 is 0 Å².